The molecule has 0 aliphatic heterocycles. The van der Waals surface area contributed by atoms with Gasteiger partial charge in [-0.1, -0.05) is 25.1 Å². The number of aryl methyl sites for hydroxylation is 1. The molecule has 0 radical (unpaired) electrons. The molecule has 2 aromatic rings. The van der Waals surface area contributed by atoms with Gasteiger partial charge in [-0.25, -0.2) is 0 Å². The summed E-state index contributed by atoms with van der Waals surface area (Å²) >= 11 is 0. The molecule has 0 saturated heterocycles. The van der Waals surface area contributed by atoms with Crippen molar-refractivity contribution in [1.29, 1.82) is 0 Å². The van der Waals surface area contributed by atoms with E-state index in [9.17, 15) is 4.79 Å². The lowest BCUT2D eigenvalue weighted by Gasteiger charge is -2.07. The predicted octanol–water partition coefficient (Wildman–Crippen LogP) is 1.71. The Bertz CT molecular complexity index is 592. The first kappa shape index (κ1) is 14.5. The van der Waals surface area contributed by atoms with Crippen LogP contribution in [0.15, 0.2) is 24.3 Å². The van der Waals surface area contributed by atoms with Crippen LogP contribution in [0.25, 0.3) is 10.9 Å². The average Bonchev–Trinajstić information content (AvgIpc) is 2.81. The van der Waals surface area contributed by atoms with Gasteiger partial charge in [0.15, 0.2) is 5.69 Å². The van der Waals surface area contributed by atoms with Crippen molar-refractivity contribution >= 4 is 16.8 Å². The van der Waals surface area contributed by atoms with E-state index in [2.05, 4.69) is 10.4 Å². The molecule has 1 unspecified atom stereocenters. The maximum atomic E-state index is 12.1. The summed E-state index contributed by atoms with van der Waals surface area (Å²) in [5, 5.41) is 17.0. The van der Waals surface area contributed by atoms with Gasteiger partial charge in [-0.2, -0.15) is 5.10 Å². The molecule has 0 aliphatic rings. The largest absolute Gasteiger partial charge is 0.396 e. The lowest BCUT2D eigenvalue weighted by atomic mass is 10.1. The minimum atomic E-state index is -0.140. The average molecular weight is 275 g/mol. The Morgan fingerprint density at radius 1 is 1.45 bits per heavy atom. The van der Waals surface area contributed by atoms with E-state index in [1.54, 1.807) is 4.68 Å². The Kier molecular flexibility index (Phi) is 4.74. The summed E-state index contributed by atoms with van der Waals surface area (Å²) in [6.07, 6.45) is 1.76. The molecule has 1 amide bonds. The monoisotopic (exact) mass is 275 g/mol. The number of hydrogen-bond donors (Lipinski definition) is 2. The van der Waals surface area contributed by atoms with E-state index < -0.39 is 0 Å². The van der Waals surface area contributed by atoms with Crippen LogP contribution < -0.4 is 5.32 Å². The highest BCUT2D eigenvalue weighted by Crippen LogP contribution is 2.17. The molecule has 5 heteroatoms. The summed E-state index contributed by atoms with van der Waals surface area (Å²) in [5.41, 5.74) is 1.42. The quantitative estimate of drug-likeness (QED) is 0.789. The van der Waals surface area contributed by atoms with Crippen LogP contribution in [0, 0.1) is 5.92 Å². The molecule has 20 heavy (non-hydrogen) atoms. The zero-order chi connectivity index (χ0) is 14.5. The first-order chi connectivity index (χ1) is 9.63. The molecule has 0 aliphatic carbocycles. The Hall–Kier alpha value is -1.88. The maximum Gasteiger partial charge on any atom is 0.272 e. The van der Waals surface area contributed by atoms with Crippen molar-refractivity contribution in [3.05, 3.63) is 30.0 Å². The van der Waals surface area contributed by atoms with Crippen LogP contribution in [0.4, 0.5) is 0 Å². The summed E-state index contributed by atoms with van der Waals surface area (Å²) in [6.45, 7) is 2.79. The first-order valence-electron chi connectivity index (χ1n) is 6.94. The van der Waals surface area contributed by atoms with Crippen molar-refractivity contribution in [1.82, 2.24) is 15.1 Å². The number of aliphatic hydroxyl groups is 1. The molecule has 5 nitrogen and oxygen atoms in total. The number of fused-ring (bicyclic) bond motifs is 1. The van der Waals surface area contributed by atoms with E-state index in [-0.39, 0.29) is 18.4 Å². The first-order valence-corrected chi connectivity index (χ1v) is 6.94. The lowest BCUT2D eigenvalue weighted by Crippen LogP contribution is -2.25. The number of aliphatic hydroxyl groups excluding tert-OH is 1. The van der Waals surface area contributed by atoms with Crippen molar-refractivity contribution in [3.63, 3.8) is 0 Å². The van der Waals surface area contributed by atoms with E-state index in [0.717, 1.165) is 23.7 Å². The number of benzene rings is 1. The molecule has 0 fully saturated rings. The molecule has 1 aromatic heterocycles. The number of hydrogen-bond acceptors (Lipinski definition) is 3. The summed E-state index contributed by atoms with van der Waals surface area (Å²) in [4.78, 5) is 12.1. The number of nitrogens with one attached hydrogen (secondary N) is 1. The second-order valence-corrected chi connectivity index (χ2v) is 5.18. The van der Waals surface area contributed by atoms with Gasteiger partial charge in [-0.05, 0) is 24.8 Å². The number of carbonyl (C=O) groups is 1. The van der Waals surface area contributed by atoms with Gasteiger partial charge in [-0.3, -0.25) is 9.48 Å². The molecule has 0 saturated carbocycles. The smallest absolute Gasteiger partial charge is 0.272 e. The normalized spacial score (nSPS) is 12.6. The highest BCUT2D eigenvalue weighted by molar-refractivity contribution is 6.04. The Morgan fingerprint density at radius 3 is 2.95 bits per heavy atom. The molecular weight excluding hydrogens is 254 g/mol. The van der Waals surface area contributed by atoms with Crippen molar-refractivity contribution in [2.45, 2.75) is 19.8 Å². The zero-order valence-corrected chi connectivity index (χ0v) is 12.0. The van der Waals surface area contributed by atoms with Gasteiger partial charge in [0.25, 0.3) is 5.91 Å². The van der Waals surface area contributed by atoms with Gasteiger partial charge in [0.2, 0.25) is 0 Å². The topological polar surface area (TPSA) is 67.2 Å². The van der Waals surface area contributed by atoms with Gasteiger partial charge in [-0.15, -0.1) is 0 Å². The van der Waals surface area contributed by atoms with Crippen molar-refractivity contribution in [2.75, 3.05) is 13.2 Å². The fourth-order valence-electron chi connectivity index (χ4n) is 2.21. The van der Waals surface area contributed by atoms with Crippen LogP contribution in [0.1, 0.15) is 30.3 Å². The molecule has 1 atom stereocenters. The Balaban J connectivity index is 1.98. The lowest BCUT2D eigenvalue weighted by molar-refractivity contribution is 0.0948. The van der Waals surface area contributed by atoms with Crippen molar-refractivity contribution in [3.8, 4) is 0 Å². The second kappa shape index (κ2) is 6.52. The number of amides is 1. The molecular formula is C15H21N3O2. The molecule has 108 valence electrons. The van der Waals surface area contributed by atoms with E-state index in [0.29, 0.717) is 12.2 Å². The van der Waals surface area contributed by atoms with Crippen LogP contribution in [-0.4, -0.2) is 33.9 Å². The van der Waals surface area contributed by atoms with Crippen LogP contribution in [0.5, 0.6) is 0 Å². The van der Waals surface area contributed by atoms with E-state index >= 15 is 0 Å². The van der Waals surface area contributed by atoms with Gasteiger partial charge in [0.1, 0.15) is 0 Å². The van der Waals surface area contributed by atoms with Gasteiger partial charge < -0.3 is 10.4 Å². The zero-order valence-electron chi connectivity index (χ0n) is 12.0. The fourth-order valence-corrected chi connectivity index (χ4v) is 2.21. The standard InChI is InChI=1S/C15H21N3O2/c1-11(10-19)6-5-9-16-15(20)14-12-7-3-4-8-13(12)18(2)17-14/h3-4,7-8,11,19H,5-6,9-10H2,1-2H3,(H,16,20). The molecule has 0 bridgehead atoms. The predicted molar refractivity (Wildman–Crippen MR) is 78.5 cm³/mol. The van der Waals surface area contributed by atoms with Crippen LogP contribution in [0.2, 0.25) is 0 Å². The van der Waals surface area contributed by atoms with Crippen LogP contribution in [0.3, 0.4) is 0 Å². The third kappa shape index (κ3) is 3.17. The highest BCUT2D eigenvalue weighted by atomic mass is 16.3. The Morgan fingerprint density at radius 2 is 2.20 bits per heavy atom. The maximum absolute atomic E-state index is 12.1. The molecule has 1 heterocycles. The van der Waals surface area contributed by atoms with E-state index in [4.69, 9.17) is 5.11 Å². The van der Waals surface area contributed by atoms with Gasteiger partial charge in [0.05, 0.1) is 5.52 Å². The van der Waals surface area contributed by atoms with E-state index in [1.165, 1.54) is 0 Å². The Labute approximate surface area is 118 Å². The number of rotatable bonds is 6. The minimum absolute atomic E-state index is 0.140. The van der Waals surface area contributed by atoms with Gasteiger partial charge in [0, 0.05) is 25.6 Å². The highest BCUT2D eigenvalue weighted by Gasteiger charge is 2.14. The molecule has 1 aromatic carbocycles. The van der Waals surface area contributed by atoms with Crippen molar-refractivity contribution in [2.24, 2.45) is 13.0 Å². The second-order valence-electron chi connectivity index (χ2n) is 5.18. The number of aromatic nitrogens is 2. The number of carbonyl (C=O) groups excluding carboxylic acids is 1. The fraction of sp³-hybridized carbons (Fsp3) is 0.467. The van der Waals surface area contributed by atoms with Crippen molar-refractivity contribution < 1.29 is 9.90 Å². The summed E-state index contributed by atoms with van der Waals surface area (Å²) in [6, 6.07) is 7.69. The number of para-hydroxylation sites is 1. The third-order valence-electron chi connectivity index (χ3n) is 3.44. The third-order valence-corrected chi connectivity index (χ3v) is 3.44. The SMILES string of the molecule is CC(CO)CCCNC(=O)c1nn(C)c2ccccc12. The summed E-state index contributed by atoms with van der Waals surface area (Å²) < 4.78 is 1.72. The molecule has 0 spiro atoms. The van der Waals surface area contributed by atoms with Crippen LogP contribution in [-0.2, 0) is 7.05 Å². The summed E-state index contributed by atoms with van der Waals surface area (Å²) in [5.74, 6) is 0.140. The number of nitrogens with zero attached hydrogens (tertiary/aromatic N) is 2. The van der Waals surface area contributed by atoms with E-state index in [1.807, 2.05) is 38.2 Å². The van der Waals surface area contributed by atoms with Crippen LogP contribution >= 0.6 is 0 Å². The molecule has 2 rings (SSSR count). The summed E-state index contributed by atoms with van der Waals surface area (Å²) in [7, 11) is 1.84. The molecule has 2 N–H and O–H groups in total. The minimum Gasteiger partial charge on any atom is -0.396 e. The van der Waals surface area contributed by atoms with Gasteiger partial charge >= 0.3 is 0 Å².